The number of anilines is 1. The van der Waals surface area contributed by atoms with E-state index in [-0.39, 0.29) is 18.4 Å². The van der Waals surface area contributed by atoms with Gasteiger partial charge in [-0.1, -0.05) is 18.2 Å². The molecule has 0 aromatic heterocycles. The summed E-state index contributed by atoms with van der Waals surface area (Å²) in [6, 6.07) is 9.22. The Morgan fingerprint density at radius 2 is 1.74 bits per heavy atom. The Labute approximate surface area is 114 Å². The maximum atomic E-state index is 11.9. The molecule has 1 aromatic rings. The highest BCUT2D eigenvalue weighted by molar-refractivity contribution is 5.94. The van der Waals surface area contributed by atoms with E-state index in [1.54, 1.807) is 0 Å². The first-order valence-electron chi connectivity index (χ1n) is 6.24. The number of nitrogens with zero attached hydrogens (tertiary/aromatic N) is 2. The van der Waals surface area contributed by atoms with Gasteiger partial charge in [-0.05, 0) is 26.2 Å². The minimum atomic E-state index is -0.180. The third-order valence-electron chi connectivity index (χ3n) is 2.65. The molecule has 19 heavy (non-hydrogen) atoms. The highest BCUT2D eigenvalue weighted by Gasteiger charge is 2.13. The Morgan fingerprint density at radius 3 is 2.26 bits per heavy atom. The molecule has 0 aliphatic rings. The van der Waals surface area contributed by atoms with Crippen molar-refractivity contribution >= 4 is 17.5 Å². The molecule has 5 heteroatoms. The highest BCUT2D eigenvalue weighted by atomic mass is 16.2. The van der Waals surface area contributed by atoms with Crippen LogP contribution >= 0.6 is 0 Å². The summed E-state index contributed by atoms with van der Waals surface area (Å²) >= 11 is 0. The average molecular weight is 263 g/mol. The van der Waals surface area contributed by atoms with Crippen LogP contribution in [0, 0.1) is 0 Å². The zero-order valence-corrected chi connectivity index (χ0v) is 11.7. The van der Waals surface area contributed by atoms with Crippen molar-refractivity contribution in [3.05, 3.63) is 30.3 Å². The van der Waals surface area contributed by atoms with Gasteiger partial charge in [-0.25, -0.2) is 0 Å². The van der Waals surface area contributed by atoms with E-state index in [1.807, 2.05) is 49.3 Å². The number of rotatable bonds is 6. The number of carbonyl (C=O) groups is 2. The number of likely N-dealkylation sites (N-methyl/N-ethyl adjacent to an activating group) is 1. The van der Waals surface area contributed by atoms with Crippen LogP contribution in [0.3, 0.4) is 0 Å². The van der Waals surface area contributed by atoms with Gasteiger partial charge in [0.2, 0.25) is 11.8 Å². The van der Waals surface area contributed by atoms with Gasteiger partial charge in [-0.3, -0.25) is 9.59 Å². The summed E-state index contributed by atoms with van der Waals surface area (Å²) in [6.45, 7) is 2.84. The SMILES string of the molecule is CC(=O)N(CCN(C)C)CC(=O)Nc1ccccc1. The topological polar surface area (TPSA) is 52.7 Å². The molecule has 0 spiro atoms. The van der Waals surface area contributed by atoms with Crippen LogP contribution in [0.1, 0.15) is 6.92 Å². The van der Waals surface area contributed by atoms with E-state index in [2.05, 4.69) is 5.32 Å². The summed E-state index contributed by atoms with van der Waals surface area (Å²) in [5.41, 5.74) is 0.739. The number of hydrogen-bond donors (Lipinski definition) is 1. The number of hydrogen-bond acceptors (Lipinski definition) is 3. The zero-order valence-electron chi connectivity index (χ0n) is 11.7. The first-order valence-corrected chi connectivity index (χ1v) is 6.24. The van der Waals surface area contributed by atoms with Crippen LogP contribution in [-0.2, 0) is 9.59 Å². The normalized spacial score (nSPS) is 10.3. The van der Waals surface area contributed by atoms with Crippen molar-refractivity contribution in [1.82, 2.24) is 9.80 Å². The summed E-state index contributed by atoms with van der Waals surface area (Å²) in [5.74, 6) is -0.273. The maximum absolute atomic E-state index is 11.9. The molecule has 0 unspecified atom stereocenters. The van der Waals surface area contributed by atoms with Gasteiger partial charge in [-0.2, -0.15) is 0 Å². The highest BCUT2D eigenvalue weighted by Crippen LogP contribution is 2.05. The summed E-state index contributed by atoms with van der Waals surface area (Å²) in [6.07, 6.45) is 0. The summed E-state index contributed by atoms with van der Waals surface area (Å²) in [5, 5.41) is 2.77. The van der Waals surface area contributed by atoms with Crippen LogP contribution in [0.25, 0.3) is 0 Å². The second kappa shape index (κ2) is 7.53. The smallest absolute Gasteiger partial charge is 0.243 e. The molecule has 0 aliphatic carbocycles. The minimum Gasteiger partial charge on any atom is -0.332 e. The first kappa shape index (κ1) is 15.2. The quantitative estimate of drug-likeness (QED) is 0.834. The molecule has 0 fully saturated rings. The average Bonchev–Trinajstić information content (AvgIpc) is 2.35. The Kier molecular flexibility index (Phi) is 6.02. The third kappa shape index (κ3) is 6.01. The molecule has 0 heterocycles. The van der Waals surface area contributed by atoms with E-state index in [1.165, 1.54) is 11.8 Å². The van der Waals surface area contributed by atoms with Crippen LogP contribution in [0.2, 0.25) is 0 Å². The van der Waals surface area contributed by atoms with Gasteiger partial charge in [0.25, 0.3) is 0 Å². The van der Waals surface area contributed by atoms with Gasteiger partial charge in [-0.15, -0.1) is 0 Å². The molecular formula is C14H21N3O2. The molecule has 1 N–H and O–H groups in total. The minimum absolute atomic E-state index is 0.0814. The first-order chi connectivity index (χ1) is 8.99. The number of amides is 2. The van der Waals surface area contributed by atoms with Crippen molar-refractivity contribution in [3.63, 3.8) is 0 Å². The lowest BCUT2D eigenvalue weighted by atomic mass is 10.3. The lowest BCUT2D eigenvalue weighted by Gasteiger charge is -2.22. The molecule has 104 valence electrons. The summed E-state index contributed by atoms with van der Waals surface area (Å²) < 4.78 is 0. The fourth-order valence-corrected chi connectivity index (χ4v) is 1.56. The zero-order chi connectivity index (χ0) is 14.3. The molecular weight excluding hydrogens is 242 g/mol. The van der Waals surface area contributed by atoms with Crippen LogP contribution in [0.5, 0.6) is 0 Å². The molecule has 1 aromatic carbocycles. The van der Waals surface area contributed by atoms with E-state index in [4.69, 9.17) is 0 Å². The van der Waals surface area contributed by atoms with Crippen molar-refractivity contribution in [2.24, 2.45) is 0 Å². The van der Waals surface area contributed by atoms with Gasteiger partial charge in [0, 0.05) is 25.7 Å². The summed E-state index contributed by atoms with van der Waals surface area (Å²) in [7, 11) is 3.87. The maximum Gasteiger partial charge on any atom is 0.243 e. The molecule has 0 saturated carbocycles. The van der Waals surface area contributed by atoms with Gasteiger partial charge < -0.3 is 15.1 Å². The predicted octanol–water partition coefficient (Wildman–Crippen LogP) is 1.04. The Morgan fingerprint density at radius 1 is 1.11 bits per heavy atom. The Hall–Kier alpha value is -1.88. The predicted molar refractivity (Wildman–Crippen MR) is 75.9 cm³/mol. The van der Waals surface area contributed by atoms with Crippen molar-refractivity contribution in [1.29, 1.82) is 0 Å². The molecule has 1 rings (SSSR count). The van der Waals surface area contributed by atoms with Crippen molar-refractivity contribution in [2.45, 2.75) is 6.92 Å². The molecule has 5 nitrogen and oxygen atoms in total. The molecule has 0 bridgehead atoms. The van der Waals surface area contributed by atoms with E-state index >= 15 is 0 Å². The van der Waals surface area contributed by atoms with Crippen molar-refractivity contribution in [2.75, 3.05) is 39.0 Å². The Balaban J connectivity index is 2.49. The Bertz CT molecular complexity index is 418. The lowest BCUT2D eigenvalue weighted by molar-refractivity contribution is -0.132. The van der Waals surface area contributed by atoms with Crippen LogP contribution in [0.4, 0.5) is 5.69 Å². The second-order valence-electron chi connectivity index (χ2n) is 4.66. The van der Waals surface area contributed by atoms with Gasteiger partial charge in [0.1, 0.15) is 0 Å². The van der Waals surface area contributed by atoms with Crippen LogP contribution in [0.15, 0.2) is 30.3 Å². The standard InChI is InChI=1S/C14H21N3O2/c1-12(18)17(10-9-16(2)3)11-14(19)15-13-7-5-4-6-8-13/h4-8H,9-11H2,1-3H3,(H,15,19). The number of benzene rings is 1. The van der Waals surface area contributed by atoms with Gasteiger partial charge in [0.15, 0.2) is 0 Å². The van der Waals surface area contributed by atoms with Crippen LogP contribution in [-0.4, -0.2) is 55.3 Å². The summed E-state index contributed by atoms with van der Waals surface area (Å²) in [4.78, 5) is 26.8. The lowest BCUT2D eigenvalue weighted by Crippen LogP contribution is -2.40. The van der Waals surface area contributed by atoms with E-state index in [9.17, 15) is 9.59 Å². The monoisotopic (exact) mass is 263 g/mol. The van der Waals surface area contributed by atoms with Gasteiger partial charge in [0.05, 0.1) is 6.54 Å². The molecule has 0 saturated heterocycles. The van der Waals surface area contributed by atoms with Crippen molar-refractivity contribution < 1.29 is 9.59 Å². The largest absolute Gasteiger partial charge is 0.332 e. The molecule has 2 amide bonds. The van der Waals surface area contributed by atoms with Crippen LogP contribution < -0.4 is 5.32 Å². The van der Waals surface area contributed by atoms with Gasteiger partial charge >= 0.3 is 0 Å². The fraction of sp³-hybridized carbons (Fsp3) is 0.429. The van der Waals surface area contributed by atoms with Crippen molar-refractivity contribution in [3.8, 4) is 0 Å². The fourth-order valence-electron chi connectivity index (χ4n) is 1.56. The van der Waals surface area contributed by atoms with E-state index < -0.39 is 0 Å². The molecule has 0 radical (unpaired) electrons. The van der Waals surface area contributed by atoms with E-state index in [0.717, 1.165) is 12.2 Å². The number of para-hydroxylation sites is 1. The molecule has 0 aliphatic heterocycles. The number of carbonyl (C=O) groups excluding carboxylic acids is 2. The molecule has 0 atom stereocenters. The third-order valence-corrected chi connectivity index (χ3v) is 2.65. The number of nitrogens with one attached hydrogen (secondary N) is 1. The second-order valence-corrected chi connectivity index (χ2v) is 4.66. The van der Waals surface area contributed by atoms with E-state index in [0.29, 0.717) is 6.54 Å².